The molecular formula is C23H21N5O. The van der Waals surface area contributed by atoms with Gasteiger partial charge in [-0.2, -0.15) is 5.10 Å². The average Bonchev–Trinajstić information content (AvgIpc) is 3.14. The average molecular weight is 383 g/mol. The van der Waals surface area contributed by atoms with E-state index in [1.54, 1.807) is 10.9 Å². The normalized spacial score (nSPS) is 13.0. The van der Waals surface area contributed by atoms with Crippen LogP contribution in [-0.4, -0.2) is 34.4 Å². The fraction of sp³-hybridized carbons (Fsp3) is 0.217. The third-order valence-corrected chi connectivity index (χ3v) is 5.33. The largest absolute Gasteiger partial charge is 0.325 e. The van der Waals surface area contributed by atoms with E-state index in [0.29, 0.717) is 11.3 Å². The van der Waals surface area contributed by atoms with Gasteiger partial charge in [0.15, 0.2) is 11.5 Å². The quantitative estimate of drug-likeness (QED) is 0.696. The number of benzene rings is 2. The molecule has 3 aromatic rings. The first-order chi connectivity index (χ1) is 14.1. The number of nitrogens with zero attached hydrogens (tertiary/aromatic N) is 4. The summed E-state index contributed by atoms with van der Waals surface area (Å²) in [5, 5.41) is 4.46. The number of Topliss-reactive ketones (excluding diaryl/α,β-unsaturated/α-hetero) is 1. The minimum absolute atomic E-state index is 0.00102. The molecule has 0 fully saturated rings. The molecule has 2 heterocycles. The van der Waals surface area contributed by atoms with Crippen LogP contribution < -0.4 is 5.73 Å². The van der Waals surface area contributed by atoms with E-state index in [0.717, 1.165) is 45.6 Å². The zero-order chi connectivity index (χ0) is 20.5. The number of hydrogen-bond acceptors (Lipinski definition) is 4. The summed E-state index contributed by atoms with van der Waals surface area (Å²) in [6.07, 6.45) is 2.68. The number of ketones is 1. The van der Waals surface area contributed by atoms with Crippen LogP contribution in [0.3, 0.4) is 0 Å². The van der Waals surface area contributed by atoms with Gasteiger partial charge >= 0.3 is 0 Å². The van der Waals surface area contributed by atoms with E-state index in [2.05, 4.69) is 27.9 Å². The van der Waals surface area contributed by atoms with Gasteiger partial charge in [0.1, 0.15) is 6.54 Å². The van der Waals surface area contributed by atoms with Gasteiger partial charge in [-0.25, -0.2) is 4.85 Å². The molecule has 1 aliphatic rings. The van der Waals surface area contributed by atoms with Gasteiger partial charge < -0.3 is 5.73 Å². The Morgan fingerprint density at radius 2 is 1.97 bits per heavy atom. The van der Waals surface area contributed by atoms with Crippen molar-refractivity contribution >= 4 is 17.2 Å². The van der Waals surface area contributed by atoms with Crippen molar-refractivity contribution in [2.75, 3.05) is 13.1 Å². The number of carbonyl (C=O) groups is 1. The molecule has 4 rings (SSSR count). The lowest BCUT2D eigenvalue weighted by Gasteiger charge is -2.17. The number of rotatable bonds is 4. The summed E-state index contributed by atoms with van der Waals surface area (Å²) in [5.41, 5.74) is 13.3. The van der Waals surface area contributed by atoms with Crippen molar-refractivity contribution in [3.05, 3.63) is 70.7 Å². The lowest BCUT2D eigenvalue weighted by molar-refractivity contribution is 0.1000. The van der Waals surface area contributed by atoms with E-state index < -0.39 is 0 Å². The van der Waals surface area contributed by atoms with Crippen LogP contribution in [0.25, 0.3) is 27.2 Å². The van der Waals surface area contributed by atoms with Gasteiger partial charge in [-0.3, -0.25) is 14.5 Å². The standard InChI is InChI=1S/C23H21N5O/c1-4-14-5-8-20(25-2)18(9-14)23-19(12-27-28(23)3)15-6-7-16-17(10-15)21(11-24)26-13-22(16)29/h5-10,12H,4,11,13,24H2,1,3H3. The maximum Gasteiger partial charge on any atom is 0.196 e. The van der Waals surface area contributed by atoms with E-state index in [1.165, 1.54) is 0 Å². The molecule has 2 N–H and O–H groups in total. The third kappa shape index (κ3) is 3.16. The van der Waals surface area contributed by atoms with Crippen LogP contribution in [0.5, 0.6) is 0 Å². The molecule has 0 aliphatic carbocycles. The predicted octanol–water partition coefficient (Wildman–Crippen LogP) is 3.81. The molecule has 6 nitrogen and oxygen atoms in total. The molecule has 29 heavy (non-hydrogen) atoms. The highest BCUT2D eigenvalue weighted by atomic mass is 16.1. The first-order valence-corrected chi connectivity index (χ1v) is 9.51. The third-order valence-electron chi connectivity index (χ3n) is 5.33. The number of nitrogens with two attached hydrogens (primary N) is 1. The highest BCUT2D eigenvalue weighted by molar-refractivity contribution is 6.16. The topological polar surface area (TPSA) is 77.6 Å². The second-order valence-electron chi connectivity index (χ2n) is 7.00. The Balaban J connectivity index is 1.92. The van der Waals surface area contributed by atoms with Gasteiger partial charge in [-0.1, -0.05) is 42.8 Å². The van der Waals surface area contributed by atoms with Crippen molar-refractivity contribution in [3.63, 3.8) is 0 Å². The highest BCUT2D eigenvalue weighted by Crippen LogP contribution is 2.38. The van der Waals surface area contributed by atoms with Crippen LogP contribution >= 0.6 is 0 Å². The van der Waals surface area contributed by atoms with Crippen LogP contribution in [0, 0.1) is 6.57 Å². The van der Waals surface area contributed by atoms with E-state index in [4.69, 9.17) is 12.3 Å². The number of aryl methyl sites for hydroxylation is 2. The van der Waals surface area contributed by atoms with E-state index in [1.807, 2.05) is 37.4 Å². The summed E-state index contributed by atoms with van der Waals surface area (Å²) in [7, 11) is 1.87. The Morgan fingerprint density at radius 1 is 1.14 bits per heavy atom. The molecule has 0 amide bonds. The van der Waals surface area contributed by atoms with Crippen LogP contribution in [0.1, 0.15) is 28.4 Å². The van der Waals surface area contributed by atoms with Gasteiger partial charge in [-0.15, -0.1) is 0 Å². The van der Waals surface area contributed by atoms with Crippen molar-refractivity contribution in [3.8, 4) is 22.4 Å². The Morgan fingerprint density at radius 3 is 2.69 bits per heavy atom. The second-order valence-corrected chi connectivity index (χ2v) is 7.00. The monoisotopic (exact) mass is 383 g/mol. The lowest BCUT2D eigenvalue weighted by Crippen LogP contribution is -2.24. The van der Waals surface area contributed by atoms with Crippen molar-refractivity contribution in [1.82, 2.24) is 9.78 Å². The molecule has 0 saturated carbocycles. The number of aliphatic imine (C=N–C) groups is 1. The predicted molar refractivity (Wildman–Crippen MR) is 115 cm³/mol. The van der Waals surface area contributed by atoms with Crippen LogP contribution in [0.2, 0.25) is 0 Å². The molecule has 0 radical (unpaired) electrons. The number of hydrogen-bond donors (Lipinski definition) is 1. The fourth-order valence-corrected chi connectivity index (χ4v) is 3.76. The number of aromatic nitrogens is 2. The summed E-state index contributed by atoms with van der Waals surface area (Å²) in [5.74, 6) is 0.00102. The first kappa shape index (κ1) is 18.8. The van der Waals surface area contributed by atoms with Gasteiger partial charge in [0.25, 0.3) is 0 Å². The Labute approximate surface area is 169 Å². The Hall–Kier alpha value is -3.56. The van der Waals surface area contributed by atoms with Crippen molar-refractivity contribution in [2.45, 2.75) is 13.3 Å². The summed E-state index contributed by atoms with van der Waals surface area (Å²) in [6, 6.07) is 11.6. The van der Waals surface area contributed by atoms with Gasteiger partial charge in [0.05, 0.1) is 24.2 Å². The van der Waals surface area contributed by atoms with Gasteiger partial charge in [0, 0.05) is 35.8 Å². The summed E-state index contributed by atoms with van der Waals surface area (Å²) >= 11 is 0. The Bertz CT molecular complexity index is 1200. The molecule has 0 bridgehead atoms. The van der Waals surface area contributed by atoms with Crippen LogP contribution in [0.4, 0.5) is 5.69 Å². The molecule has 0 unspecified atom stereocenters. The van der Waals surface area contributed by atoms with E-state index in [9.17, 15) is 4.79 Å². The zero-order valence-corrected chi connectivity index (χ0v) is 16.4. The van der Waals surface area contributed by atoms with Crippen molar-refractivity contribution < 1.29 is 4.79 Å². The maximum atomic E-state index is 12.2. The van der Waals surface area contributed by atoms with Gasteiger partial charge in [0.2, 0.25) is 0 Å². The molecule has 144 valence electrons. The van der Waals surface area contributed by atoms with Crippen LogP contribution in [0.15, 0.2) is 47.6 Å². The lowest BCUT2D eigenvalue weighted by atomic mass is 9.91. The Kier molecular flexibility index (Phi) is 4.83. The molecule has 6 heteroatoms. The SMILES string of the molecule is [C-]#[N+]c1ccc(CC)cc1-c1c(-c2ccc3c(c2)C(CN)=NCC3=O)cnn1C. The van der Waals surface area contributed by atoms with Gasteiger partial charge in [-0.05, 0) is 18.1 Å². The molecule has 2 aromatic carbocycles. The second kappa shape index (κ2) is 7.46. The van der Waals surface area contributed by atoms with E-state index in [-0.39, 0.29) is 18.9 Å². The fourth-order valence-electron chi connectivity index (χ4n) is 3.76. The minimum Gasteiger partial charge on any atom is -0.325 e. The number of carbonyl (C=O) groups excluding carboxylic acids is 1. The summed E-state index contributed by atoms with van der Waals surface area (Å²) in [4.78, 5) is 20.3. The molecular weight excluding hydrogens is 362 g/mol. The van der Waals surface area contributed by atoms with Crippen molar-refractivity contribution in [1.29, 1.82) is 0 Å². The summed E-state index contributed by atoms with van der Waals surface area (Å²) in [6.45, 7) is 10.1. The van der Waals surface area contributed by atoms with Crippen molar-refractivity contribution in [2.24, 2.45) is 17.8 Å². The maximum absolute atomic E-state index is 12.2. The highest BCUT2D eigenvalue weighted by Gasteiger charge is 2.22. The zero-order valence-electron chi connectivity index (χ0n) is 16.4. The molecule has 0 spiro atoms. The van der Waals surface area contributed by atoms with E-state index >= 15 is 0 Å². The number of fused-ring (bicyclic) bond motifs is 1. The molecule has 1 aromatic heterocycles. The first-order valence-electron chi connectivity index (χ1n) is 9.51. The molecule has 1 aliphatic heterocycles. The smallest absolute Gasteiger partial charge is 0.196 e. The molecule has 0 atom stereocenters. The molecule has 0 saturated heterocycles. The minimum atomic E-state index is 0.00102. The van der Waals surface area contributed by atoms with Crippen LogP contribution in [-0.2, 0) is 13.5 Å². The summed E-state index contributed by atoms with van der Waals surface area (Å²) < 4.78 is 1.79.